The second kappa shape index (κ2) is 15.8. The smallest absolute Gasteiger partial charge is 0.325 e. The van der Waals surface area contributed by atoms with Crippen LogP contribution in [0.5, 0.6) is 0 Å². The molecule has 0 bridgehead atoms. The number of hydrogen-bond donors (Lipinski definition) is 3. The first-order chi connectivity index (χ1) is 21.7. The fourth-order valence-electron chi connectivity index (χ4n) is 5.13. The van der Waals surface area contributed by atoms with Gasteiger partial charge in [-0.1, -0.05) is 61.2 Å². The number of benzene rings is 2. The van der Waals surface area contributed by atoms with Gasteiger partial charge in [0, 0.05) is 31.0 Å². The molecule has 4 rings (SSSR count). The van der Waals surface area contributed by atoms with Gasteiger partial charge in [0.2, 0.25) is 11.8 Å². The number of carbonyl (C=O) groups is 4. The molecule has 1 aromatic heterocycles. The average Bonchev–Trinajstić information content (AvgIpc) is 3.06. The van der Waals surface area contributed by atoms with Crippen molar-refractivity contribution in [3.05, 3.63) is 96.3 Å². The third-order valence-corrected chi connectivity index (χ3v) is 7.68. The number of carbonyl (C=O) groups excluding carboxylic acids is 4. The molecule has 10 nitrogen and oxygen atoms in total. The van der Waals surface area contributed by atoms with E-state index in [0.29, 0.717) is 19.4 Å². The maximum absolute atomic E-state index is 13.4. The maximum Gasteiger partial charge on any atom is 0.325 e. The van der Waals surface area contributed by atoms with Crippen molar-refractivity contribution in [2.45, 2.75) is 70.7 Å². The number of aromatic nitrogens is 1. The van der Waals surface area contributed by atoms with Crippen molar-refractivity contribution in [2.24, 2.45) is 0 Å². The third-order valence-electron chi connectivity index (χ3n) is 7.68. The normalized spacial score (nSPS) is 16.9. The highest BCUT2D eigenvalue weighted by molar-refractivity contribution is 5.92. The summed E-state index contributed by atoms with van der Waals surface area (Å²) >= 11 is 0. The summed E-state index contributed by atoms with van der Waals surface area (Å²) in [5.41, 5.74) is 5.46. The van der Waals surface area contributed by atoms with Crippen LogP contribution >= 0.6 is 0 Å². The van der Waals surface area contributed by atoms with Crippen molar-refractivity contribution in [3.8, 4) is 0 Å². The van der Waals surface area contributed by atoms with Gasteiger partial charge in [0.25, 0.3) is 5.91 Å². The Morgan fingerprint density at radius 1 is 1.09 bits per heavy atom. The molecule has 3 N–H and O–H groups in total. The number of hydrazine groups is 1. The molecule has 0 spiro atoms. The van der Waals surface area contributed by atoms with E-state index in [2.05, 4.69) is 27.6 Å². The molecule has 236 valence electrons. The number of rotatable bonds is 12. The van der Waals surface area contributed by atoms with E-state index in [1.54, 1.807) is 38.3 Å². The topological polar surface area (TPSA) is 130 Å². The van der Waals surface area contributed by atoms with Gasteiger partial charge >= 0.3 is 5.97 Å². The van der Waals surface area contributed by atoms with Crippen LogP contribution in [0.15, 0.2) is 79.5 Å². The standard InChI is InChI=1S/C35H41N5O5/c1-5-7-15-32(41)38-31(19-25-12-9-8-10-13-25)33(42)37-23(3)34(43)40-18-11-14-30(39-40)35(44)45-24(4)26-16-17-27-22-36-29(6-2)21-28(27)20-26/h5-10,12-13,16-17,20-24,30-31,39H,2,11,14-15,18-19H2,1,3-4H3,(H,37,42)(H,38,41)/b7-5+/t23-,24+,30-,31-/m0/s1. The SMILES string of the molecule is C=Cc1cc2cc([C@@H](C)OC(=O)[C@@H]3CCCN(C(=O)[C@H](C)NC(=O)[C@H](Cc4ccccc4)NC(=O)C/C=C/C)N3)ccc2cn1. The summed E-state index contributed by atoms with van der Waals surface area (Å²) in [6.07, 6.45) is 7.91. The monoisotopic (exact) mass is 611 g/mol. The summed E-state index contributed by atoms with van der Waals surface area (Å²) in [5, 5.41) is 8.83. The van der Waals surface area contributed by atoms with Crippen LogP contribution in [0.3, 0.4) is 0 Å². The first-order valence-corrected chi connectivity index (χ1v) is 15.2. The minimum absolute atomic E-state index is 0.145. The van der Waals surface area contributed by atoms with Crippen molar-refractivity contribution in [1.29, 1.82) is 0 Å². The number of amides is 3. The molecule has 1 aliphatic heterocycles. The van der Waals surface area contributed by atoms with E-state index in [4.69, 9.17) is 4.74 Å². The minimum Gasteiger partial charge on any atom is -0.457 e. The summed E-state index contributed by atoms with van der Waals surface area (Å²) < 4.78 is 5.80. The van der Waals surface area contributed by atoms with Crippen LogP contribution in [0, 0.1) is 0 Å². The van der Waals surface area contributed by atoms with E-state index in [1.165, 1.54) is 5.01 Å². The van der Waals surface area contributed by atoms with E-state index in [1.807, 2.05) is 61.5 Å². The third kappa shape index (κ3) is 9.09. The Bertz CT molecular complexity index is 1560. The Morgan fingerprint density at radius 2 is 1.87 bits per heavy atom. The van der Waals surface area contributed by atoms with Gasteiger partial charge in [-0.05, 0) is 68.3 Å². The van der Waals surface area contributed by atoms with Crippen molar-refractivity contribution in [2.75, 3.05) is 6.54 Å². The molecule has 1 saturated heterocycles. The number of fused-ring (bicyclic) bond motifs is 1. The van der Waals surface area contributed by atoms with E-state index in [0.717, 1.165) is 27.6 Å². The molecular weight excluding hydrogens is 570 g/mol. The quantitative estimate of drug-likeness (QED) is 0.207. The van der Waals surface area contributed by atoms with Gasteiger partial charge in [0.05, 0.1) is 5.69 Å². The maximum atomic E-state index is 13.4. The summed E-state index contributed by atoms with van der Waals surface area (Å²) in [7, 11) is 0. The Hall–Kier alpha value is -4.83. The fraction of sp³-hybridized carbons (Fsp3) is 0.343. The zero-order valence-electron chi connectivity index (χ0n) is 26.0. The van der Waals surface area contributed by atoms with Gasteiger partial charge in [0.1, 0.15) is 24.2 Å². The molecule has 0 radical (unpaired) electrons. The van der Waals surface area contributed by atoms with E-state index in [9.17, 15) is 19.2 Å². The van der Waals surface area contributed by atoms with Crippen molar-refractivity contribution in [1.82, 2.24) is 26.1 Å². The predicted molar refractivity (Wildman–Crippen MR) is 173 cm³/mol. The molecule has 2 aromatic carbocycles. The lowest BCUT2D eigenvalue weighted by Crippen LogP contribution is -2.60. The van der Waals surface area contributed by atoms with Gasteiger partial charge in [-0.3, -0.25) is 29.2 Å². The van der Waals surface area contributed by atoms with Crippen molar-refractivity contribution < 1.29 is 23.9 Å². The van der Waals surface area contributed by atoms with Gasteiger partial charge in [0.15, 0.2) is 0 Å². The van der Waals surface area contributed by atoms with Crippen LogP contribution in [-0.4, -0.2) is 58.4 Å². The summed E-state index contributed by atoms with van der Waals surface area (Å²) in [5.74, 6) is -1.63. The first-order valence-electron chi connectivity index (χ1n) is 15.2. The van der Waals surface area contributed by atoms with Crippen LogP contribution in [0.4, 0.5) is 0 Å². The second-order valence-corrected chi connectivity index (χ2v) is 11.1. The predicted octanol–water partition coefficient (Wildman–Crippen LogP) is 4.18. The van der Waals surface area contributed by atoms with Crippen molar-refractivity contribution in [3.63, 3.8) is 0 Å². The fourth-order valence-corrected chi connectivity index (χ4v) is 5.13. The number of ether oxygens (including phenoxy) is 1. The summed E-state index contributed by atoms with van der Waals surface area (Å²) in [6.45, 7) is 9.34. The van der Waals surface area contributed by atoms with Crippen LogP contribution in [0.1, 0.15) is 63.0 Å². The van der Waals surface area contributed by atoms with Crippen LogP contribution in [0.25, 0.3) is 16.8 Å². The highest BCUT2D eigenvalue weighted by Gasteiger charge is 2.33. The molecule has 0 saturated carbocycles. The molecule has 2 heterocycles. The lowest BCUT2D eigenvalue weighted by Gasteiger charge is -2.35. The number of nitrogens with zero attached hydrogens (tertiary/aromatic N) is 2. The zero-order chi connectivity index (χ0) is 32.3. The summed E-state index contributed by atoms with van der Waals surface area (Å²) in [4.78, 5) is 56.5. The molecule has 0 aliphatic carbocycles. The molecule has 1 aliphatic rings. The van der Waals surface area contributed by atoms with Gasteiger partial charge < -0.3 is 15.4 Å². The molecule has 4 atom stereocenters. The van der Waals surface area contributed by atoms with E-state index < -0.39 is 42.0 Å². The summed E-state index contributed by atoms with van der Waals surface area (Å²) in [6, 6.07) is 14.6. The largest absolute Gasteiger partial charge is 0.457 e. The number of hydrogen-bond acceptors (Lipinski definition) is 7. The van der Waals surface area contributed by atoms with Crippen LogP contribution in [-0.2, 0) is 30.3 Å². The number of nitrogens with one attached hydrogen (secondary N) is 3. The van der Waals surface area contributed by atoms with Gasteiger partial charge in [-0.15, -0.1) is 0 Å². The van der Waals surface area contributed by atoms with E-state index >= 15 is 0 Å². The Balaban J connectivity index is 1.35. The zero-order valence-corrected chi connectivity index (χ0v) is 26.0. The Morgan fingerprint density at radius 3 is 2.60 bits per heavy atom. The lowest BCUT2D eigenvalue weighted by molar-refractivity contribution is -0.157. The molecular formula is C35H41N5O5. The minimum atomic E-state index is -0.906. The number of allylic oxidation sites excluding steroid dienone is 1. The van der Waals surface area contributed by atoms with Gasteiger partial charge in [-0.2, -0.15) is 0 Å². The van der Waals surface area contributed by atoms with Crippen molar-refractivity contribution >= 4 is 40.5 Å². The van der Waals surface area contributed by atoms with Crippen LogP contribution in [0.2, 0.25) is 0 Å². The van der Waals surface area contributed by atoms with Crippen LogP contribution < -0.4 is 16.1 Å². The molecule has 3 aromatic rings. The molecule has 1 fully saturated rings. The highest BCUT2D eigenvalue weighted by atomic mass is 16.5. The van der Waals surface area contributed by atoms with Gasteiger partial charge in [-0.25, -0.2) is 5.43 Å². The number of esters is 1. The Kier molecular flexibility index (Phi) is 11.6. The number of pyridine rings is 1. The first kappa shape index (κ1) is 33.1. The molecule has 10 heteroatoms. The Labute approximate surface area is 263 Å². The molecule has 0 unspecified atom stereocenters. The lowest BCUT2D eigenvalue weighted by atomic mass is 10.0. The molecule has 45 heavy (non-hydrogen) atoms. The molecule has 3 amide bonds. The van der Waals surface area contributed by atoms with E-state index in [-0.39, 0.29) is 18.7 Å². The second-order valence-electron chi connectivity index (χ2n) is 11.1. The average molecular weight is 612 g/mol. The highest BCUT2D eigenvalue weighted by Crippen LogP contribution is 2.24.